The van der Waals surface area contributed by atoms with E-state index in [1.54, 1.807) is 6.08 Å². The summed E-state index contributed by atoms with van der Waals surface area (Å²) in [6.45, 7) is 2.12. The van der Waals surface area contributed by atoms with Gasteiger partial charge in [0.1, 0.15) is 0 Å². The molecular formula is C15H27NO. The average molecular weight is 237 g/mol. The first-order valence-electron chi connectivity index (χ1n) is 7.36. The lowest BCUT2D eigenvalue weighted by Gasteiger charge is -2.23. The van der Waals surface area contributed by atoms with E-state index in [0.717, 1.165) is 12.8 Å². The van der Waals surface area contributed by atoms with Crippen LogP contribution in [0.5, 0.6) is 0 Å². The maximum Gasteiger partial charge on any atom is 0.235 e. The zero-order valence-electron chi connectivity index (χ0n) is 11.3. The molecule has 0 aromatic carbocycles. The molecule has 1 rings (SSSR count). The molecule has 0 saturated heterocycles. The van der Waals surface area contributed by atoms with E-state index in [1.165, 1.54) is 64.2 Å². The molecule has 0 aromatic heterocycles. The first kappa shape index (κ1) is 14.4. The van der Waals surface area contributed by atoms with E-state index < -0.39 is 0 Å². The molecule has 0 bridgehead atoms. The molecule has 0 amide bonds. The summed E-state index contributed by atoms with van der Waals surface area (Å²) in [6.07, 6.45) is 17.2. The van der Waals surface area contributed by atoms with Crippen LogP contribution in [0, 0.1) is 0 Å². The van der Waals surface area contributed by atoms with E-state index in [4.69, 9.17) is 0 Å². The average Bonchev–Trinajstić information content (AvgIpc) is 2.32. The van der Waals surface area contributed by atoms with E-state index in [1.807, 2.05) is 0 Å². The van der Waals surface area contributed by atoms with E-state index >= 15 is 0 Å². The van der Waals surface area contributed by atoms with Crippen LogP contribution in [0.3, 0.4) is 0 Å². The van der Waals surface area contributed by atoms with Gasteiger partial charge in [0, 0.05) is 0 Å². The van der Waals surface area contributed by atoms with E-state index in [-0.39, 0.29) is 5.54 Å². The van der Waals surface area contributed by atoms with Crippen molar-refractivity contribution in [2.75, 3.05) is 0 Å². The summed E-state index contributed by atoms with van der Waals surface area (Å²) >= 11 is 0. The van der Waals surface area contributed by atoms with Crippen molar-refractivity contribution in [1.29, 1.82) is 0 Å². The second kappa shape index (κ2) is 8.47. The summed E-state index contributed by atoms with van der Waals surface area (Å²) in [5.74, 6) is 0. The fraction of sp³-hybridized carbons (Fsp3) is 0.933. The molecule has 0 spiro atoms. The minimum atomic E-state index is -0.129. The Hall–Kier alpha value is -0.620. The van der Waals surface area contributed by atoms with Crippen molar-refractivity contribution in [1.82, 2.24) is 0 Å². The van der Waals surface area contributed by atoms with Crippen LogP contribution in [0.2, 0.25) is 0 Å². The number of isocyanates is 1. The Labute approximate surface area is 106 Å². The third-order valence-corrected chi connectivity index (χ3v) is 4.00. The number of hydrogen-bond donors (Lipinski definition) is 0. The first-order chi connectivity index (χ1) is 8.27. The second-order valence-corrected chi connectivity index (χ2v) is 5.74. The van der Waals surface area contributed by atoms with Crippen LogP contribution in [0.25, 0.3) is 0 Å². The number of hydrogen-bond acceptors (Lipinski definition) is 2. The highest BCUT2D eigenvalue weighted by atomic mass is 16.1. The maximum absolute atomic E-state index is 10.5. The predicted molar refractivity (Wildman–Crippen MR) is 71.9 cm³/mol. The Morgan fingerprint density at radius 3 is 1.47 bits per heavy atom. The number of carbonyl (C=O) groups excluding carboxylic acids is 1. The van der Waals surface area contributed by atoms with Crippen LogP contribution < -0.4 is 0 Å². The number of nitrogens with zero attached hydrogens (tertiary/aromatic N) is 1. The molecule has 1 aliphatic carbocycles. The van der Waals surface area contributed by atoms with Gasteiger partial charge in [0.05, 0.1) is 5.54 Å². The van der Waals surface area contributed by atoms with Crippen molar-refractivity contribution < 1.29 is 4.79 Å². The molecule has 0 aromatic rings. The fourth-order valence-electron chi connectivity index (χ4n) is 2.77. The van der Waals surface area contributed by atoms with Gasteiger partial charge in [-0.25, -0.2) is 4.79 Å². The summed E-state index contributed by atoms with van der Waals surface area (Å²) in [6, 6.07) is 0. The Kier molecular flexibility index (Phi) is 7.19. The quantitative estimate of drug-likeness (QED) is 0.477. The van der Waals surface area contributed by atoms with E-state index in [9.17, 15) is 4.79 Å². The van der Waals surface area contributed by atoms with Crippen molar-refractivity contribution in [3.05, 3.63) is 0 Å². The van der Waals surface area contributed by atoms with Gasteiger partial charge < -0.3 is 0 Å². The highest BCUT2D eigenvalue weighted by Gasteiger charge is 2.22. The van der Waals surface area contributed by atoms with Gasteiger partial charge in [-0.3, -0.25) is 0 Å². The molecule has 0 heterocycles. The molecule has 1 saturated carbocycles. The zero-order valence-corrected chi connectivity index (χ0v) is 11.3. The van der Waals surface area contributed by atoms with Crippen molar-refractivity contribution in [2.45, 2.75) is 89.5 Å². The Bertz CT molecular complexity index is 229. The van der Waals surface area contributed by atoms with Crippen LogP contribution in [0.4, 0.5) is 0 Å². The van der Waals surface area contributed by atoms with Gasteiger partial charge in [0.15, 0.2) is 0 Å². The lowest BCUT2D eigenvalue weighted by atomic mass is 9.89. The predicted octanol–water partition coefficient (Wildman–Crippen LogP) is 4.78. The molecule has 2 heteroatoms. The molecule has 0 unspecified atom stereocenters. The zero-order chi connectivity index (χ0) is 12.4. The summed E-state index contributed by atoms with van der Waals surface area (Å²) in [5, 5.41) is 0. The molecular weight excluding hydrogens is 210 g/mol. The first-order valence-corrected chi connectivity index (χ1v) is 7.36. The monoisotopic (exact) mass is 237 g/mol. The smallest absolute Gasteiger partial charge is 0.211 e. The van der Waals surface area contributed by atoms with E-state index in [0.29, 0.717) is 0 Å². The van der Waals surface area contributed by atoms with Gasteiger partial charge in [-0.15, -0.1) is 0 Å². The highest BCUT2D eigenvalue weighted by Crippen LogP contribution is 2.27. The molecule has 1 aliphatic rings. The molecule has 2 nitrogen and oxygen atoms in total. The largest absolute Gasteiger partial charge is 0.235 e. The third kappa shape index (κ3) is 6.63. The molecule has 17 heavy (non-hydrogen) atoms. The van der Waals surface area contributed by atoms with Crippen LogP contribution in [0.1, 0.15) is 84.0 Å². The summed E-state index contributed by atoms with van der Waals surface area (Å²) in [4.78, 5) is 14.6. The van der Waals surface area contributed by atoms with Crippen LogP contribution >= 0.6 is 0 Å². The van der Waals surface area contributed by atoms with E-state index in [2.05, 4.69) is 11.9 Å². The minimum absolute atomic E-state index is 0.129. The van der Waals surface area contributed by atoms with Crippen LogP contribution in [0.15, 0.2) is 4.99 Å². The molecule has 98 valence electrons. The Morgan fingerprint density at radius 2 is 1.12 bits per heavy atom. The standard InChI is InChI=1S/C15H27NO/c1-15(16-14-17)12-10-8-6-4-2-3-5-7-9-11-13-15/h2-13H2,1H3. The van der Waals surface area contributed by atoms with Crippen molar-refractivity contribution in [3.63, 3.8) is 0 Å². The molecule has 1 fully saturated rings. The van der Waals surface area contributed by atoms with Gasteiger partial charge in [-0.05, 0) is 19.8 Å². The SMILES string of the molecule is CC1(N=C=O)CCCCCCCCCCCC1. The minimum Gasteiger partial charge on any atom is -0.211 e. The molecule has 0 atom stereocenters. The summed E-state index contributed by atoms with van der Waals surface area (Å²) in [5.41, 5.74) is -0.129. The molecule has 0 aliphatic heterocycles. The molecule has 0 N–H and O–H groups in total. The van der Waals surface area contributed by atoms with Crippen molar-refractivity contribution >= 4 is 6.08 Å². The summed E-state index contributed by atoms with van der Waals surface area (Å²) < 4.78 is 0. The Balaban J connectivity index is 2.44. The topological polar surface area (TPSA) is 29.4 Å². The Morgan fingerprint density at radius 1 is 0.765 bits per heavy atom. The van der Waals surface area contributed by atoms with Gasteiger partial charge in [0.25, 0.3) is 0 Å². The van der Waals surface area contributed by atoms with Gasteiger partial charge in [0.2, 0.25) is 6.08 Å². The van der Waals surface area contributed by atoms with Crippen molar-refractivity contribution in [3.8, 4) is 0 Å². The highest BCUT2D eigenvalue weighted by molar-refractivity contribution is 5.34. The lowest BCUT2D eigenvalue weighted by Crippen LogP contribution is -2.21. The fourth-order valence-corrected chi connectivity index (χ4v) is 2.77. The normalized spacial score (nSPS) is 23.6. The summed E-state index contributed by atoms with van der Waals surface area (Å²) in [7, 11) is 0. The maximum atomic E-state index is 10.5. The van der Waals surface area contributed by atoms with Gasteiger partial charge in [-0.1, -0.05) is 64.2 Å². The second-order valence-electron chi connectivity index (χ2n) is 5.74. The van der Waals surface area contributed by atoms with Crippen LogP contribution in [-0.2, 0) is 4.79 Å². The van der Waals surface area contributed by atoms with Crippen molar-refractivity contribution in [2.24, 2.45) is 4.99 Å². The third-order valence-electron chi connectivity index (χ3n) is 4.00. The lowest BCUT2D eigenvalue weighted by molar-refractivity contribution is 0.367. The van der Waals surface area contributed by atoms with Gasteiger partial charge >= 0.3 is 0 Å². The molecule has 0 radical (unpaired) electrons. The van der Waals surface area contributed by atoms with Gasteiger partial charge in [-0.2, -0.15) is 4.99 Å². The number of rotatable bonds is 1. The van der Waals surface area contributed by atoms with Crippen LogP contribution in [-0.4, -0.2) is 11.6 Å². The number of aliphatic imine (C=N–C) groups is 1.